The maximum atomic E-state index is 13.5. The molecule has 3 aromatic rings. The van der Waals surface area contributed by atoms with E-state index in [2.05, 4.69) is 18.0 Å². The Morgan fingerprint density at radius 1 is 1.15 bits per heavy atom. The zero-order valence-electron chi connectivity index (χ0n) is 18.4. The first-order valence-corrected chi connectivity index (χ1v) is 11.9. The van der Waals surface area contributed by atoms with Gasteiger partial charge in [-0.1, -0.05) is 43.0 Å². The summed E-state index contributed by atoms with van der Waals surface area (Å²) in [4.78, 5) is 28.0. The summed E-state index contributed by atoms with van der Waals surface area (Å²) >= 11 is 1.66. The van der Waals surface area contributed by atoms with Gasteiger partial charge in [-0.05, 0) is 42.5 Å². The fraction of sp³-hybridized carbons (Fsp3) is 0.259. The standard InChI is InChI=1S/C27H25NO4S/c1-16-10-11-22(32-16)26-24(27(30)31-15-18-7-4-3-5-8-18)17(2)28-20-13-19(14-21(29)25(20)26)23-9-6-12-33-23/h3-12,19,24,26,28H,2,13-15H2,1H3. The lowest BCUT2D eigenvalue weighted by atomic mass is 9.71. The molecule has 3 atom stereocenters. The third-order valence-corrected chi connectivity index (χ3v) is 7.36. The van der Waals surface area contributed by atoms with Crippen molar-refractivity contribution >= 4 is 23.1 Å². The Balaban J connectivity index is 1.49. The Kier molecular flexibility index (Phi) is 5.77. The van der Waals surface area contributed by atoms with Crippen LogP contribution in [0.5, 0.6) is 0 Å². The van der Waals surface area contributed by atoms with Crippen LogP contribution in [0.25, 0.3) is 0 Å². The van der Waals surface area contributed by atoms with Gasteiger partial charge in [-0.25, -0.2) is 0 Å². The van der Waals surface area contributed by atoms with Gasteiger partial charge in [0.1, 0.15) is 24.0 Å². The Morgan fingerprint density at radius 2 is 1.97 bits per heavy atom. The van der Waals surface area contributed by atoms with Crippen molar-refractivity contribution in [2.24, 2.45) is 5.92 Å². The summed E-state index contributed by atoms with van der Waals surface area (Å²) in [5.74, 6) is -0.246. The first kappa shape index (κ1) is 21.5. The van der Waals surface area contributed by atoms with Gasteiger partial charge < -0.3 is 14.5 Å². The molecule has 168 valence electrons. The second-order valence-corrected chi connectivity index (χ2v) is 9.56. The number of hydrogen-bond acceptors (Lipinski definition) is 6. The normalized spacial score (nSPS) is 22.6. The molecule has 0 bridgehead atoms. The molecule has 2 aromatic heterocycles. The van der Waals surface area contributed by atoms with E-state index in [0.29, 0.717) is 29.9 Å². The second-order valence-electron chi connectivity index (χ2n) is 8.58. The number of carbonyl (C=O) groups is 2. The van der Waals surface area contributed by atoms with Crippen LogP contribution in [0, 0.1) is 12.8 Å². The molecule has 2 aliphatic rings. The molecule has 0 saturated carbocycles. The quantitative estimate of drug-likeness (QED) is 0.502. The maximum absolute atomic E-state index is 13.5. The lowest BCUT2D eigenvalue weighted by Crippen LogP contribution is -2.42. The average molecular weight is 460 g/mol. The fourth-order valence-electron chi connectivity index (χ4n) is 4.80. The Morgan fingerprint density at radius 3 is 2.67 bits per heavy atom. The number of ether oxygens (including phenoxy) is 1. The van der Waals surface area contributed by atoms with E-state index in [4.69, 9.17) is 9.15 Å². The number of carbonyl (C=O) groups excluding carboxylic acids is 2. The van der Waals surface area contributed by atoms with Crippen LogP contribution in [0.2, 0.25) is 0 Å². The van der Waals surface area contributed by atoms with Gasteiger partial charge in [-0.3, -0.25) is 9.59 Å². The van der Waals surface area contributed by atoms with Crippen LogP contribution >= 0.6 is 11.3 Å². The van der Waals surface area contributed by atoms with Crippen LogP contribution in [-0.4, -0.2) is 11.8 Å². The van der Waals surface area contributed by atoms with Gasteiger partial charge in [0, 0.05) is 34.2 Å². The first-order valence-electron chi connectivity index (χ1n) is 11.0. The number of furan rings is 1. The van der Waals surface area contributed by atoms with Gasteiger partial charge in [0.2, 0.25) is 0 Å². The summed E-state index contributed by atoms with van der Waals surface area (Å²) in [6.07, 6.45) is 1.11. The smallest absolute Gasteiger partial charge is 0.316 e. The van der Waals surface area contributed by atoms with E-state index in [1.54, 1.807) is 11.3 Å². The van der Waals surface area contributed by atoms with Crippen LogP contribution in [0.4, 0.5) is 0 Å². The van der Waals surface area contributed by atoms with E-state index in [0.717, 1.165) is 17.0 Å². The van der Waals surface area contributed by atoms with Gasteiger partial charge in [0.15, 0.2) is 5.78 Å². The minimum Gasteiger partial charge on any atom is -0.466 e. The maximum Gasteiger partial charge on any atom is 0.316 e. The number of hydrogen-bond donors (Lipinski definition) is 1. The van der Waals surface area contributed by atoms with Gasteiger partial charge in [-0.2, -0.15) is 0 Å². The molecule has 5 rings (SSSR count). The molecule has 0 saturated heterocycles. The summed E-state index contributed by atoms with van der Waals surface area (Å²) in [7, 11) is 0. The van der Waals surface area contributed by atoms with Crippen LogP contribution in [0.15, 0.2) is 87.9 Å². The van der Waals surface area contributed by atoms with E-state index in [9.17, 15) is 9.59 Å². The lowest BCUT2D eigenvalue weighted by molar-refractivity contribution is -0.149. The van der Waals surface area contributed by atoms with Gasteiger partial charge in [-0.15, -0.1) is 11.3 Å². The van der Waals surface area contributed by atoms with Crippen LogP contribution in [-0.2, 0) is 20.9 Å². The molecule has 1 aliphatic heterocycles. The summed E-state index contributed by atoms with van der Waals surface area (Å²) < 4.78 is 11.6. The van der Waals surface area contributed by atoms with E-state index in [1.165, 1.54) is 4.88 Å². The van der Waals surface area contributed by atoms with Crippen LogP contribution in [0.1, 0.15) is 46.6 Å². The number of allylic oxidation sites excluding steroid dienone is 2. The van der Waals surface area contributed by atoms with Gasteiger partial charge >= 0.3 is 5.97 Å². The SMILES string of the molecule is C=C1NC2=C(C(=O)CC(c3cccs3)C2)C(c2ccc(C)o2)C1C(=O)OCc1ccccc1. The van der Waals surface area contributed by atoms with Crippen molar-refractivity contribution < 1.29 is 18.7 Å². The van der Waals surface area contributed by atoms with Crippen molar-refractivity contribution in [2.75, 3.05) is 0 Å². The molecular weight excluding hydrogens is 434 g/mol. The van der Waals surface area contributed by atoms with Crippen LogP contribution < -0.4 is 5.32 Å². The summed E-state index contributed by atoms with van der Waals surface area (Å²) in [6, 6.07) is 17.3. The number of ketones is 1. The van der Waals surface area contributed by atoms with Crippen molar-refractivity contribution in [1.29, 1.82) is 0 Å². The largest absolute Gasteiger partial charge is 0.466 e. The molecule has 0 radical (unpaired) electrons. The molecule has 1 aromatic carbocycles. The molecule has 1 aliphatic carbocycles. The third kappa shape index (κ3) is 4.18. The molecule has 0 spiro atoms. The highest BCUT2D eigenvalue weighted by atomic mass is 32.1. The van der Waals surface area contributed by atoms with Gasteiger partial charge in [0.05, 0.1) is 5.92 Å². The van der Waals surface area contributed by atoms with Crippen molar-refractivity contribution in [3.8, 4) is 0 Å². The molecular formula is C27H25NO4S. The number of esters is 1. The number of rotatable bonds is 5. The predicted molar refractivity (Wildman–Crippen MR) is 127 cm³/mol. The highest BCUT2D eigenvalue weighted by Gasteiger charge is 2.47. The summed E-state index contributed by atoms with van der Waals surface area (Å²) in [6.45, 7) is 6.18. The Hall–Kier alpha value is -3.38. The number of nitrogens with one attached hydrogen (secondary N) is 1. The third-order valence-electron chi connectivity index (χ3n) is 6.33. The second kappa shape index (κ2) is 8.87. The first-order chi connectivity index (χ1) is 16.0. The van der Waals surface area contributed by atoms with E-state index in [-0.39, 0.29) is 18.3 Å². The van der Waals surface area contributed by atoms with Gasteiger partial charge in [0.25, 0.3) is 0 Å². The fourth-order valence-corrected chi connectivity index (χ4v) is 5.63. The lowest BCUT2D eigenvalue weighted by Gasteiger charge is -2.38. The minimum atomic E-state index is -0.750. The monoisotopic (exact) mass is 459 g/mol. The van der Waals surface area contributed by atoms with Crippen LogP contribution in [0.3, 0.4) is 0 Å². The van der Waals surface area contributed by atoms with E-state index >= 15 is 0 Å². The molecule has 33 heavy (non-hydrogen) atoms. The molecule has 0 fully saturated rings. The number of aryl methyl sites for hydroxylation is 1. The summed E-state index contributed by atoms with van der Waals surface area (Å²) in [5.41, 5.74) is 2.88. The topological polar surface area (TPSA) is 68.5 Å². The van der Waals surface area contributed by atoms with Crippen molar-refractivity contribution in [3.05, 3.63) is 105 Å². The molecule has 3 heterocycles. The predicted octanol–water partition coefficient (Wildman–Crippen LogP) is 5.61. The molecule has 0 amide bonds. The average Bonchev–Trinajstić information content (AvgIpc) is 3.49. The Bertz CT molecular complexity index is 1220. The van der Waals surface area contributed by atoms with Crippen molar-refractivity contribution in [2.45, 2.75) is 38.2 Å². The van der Waals surface area contributed by atoms with E-state index < -0.39 is 17.8 Å². The minimum absolute atomic E-state index is 0.0366. The van der Waals surface area contributed by atoms with Crippen molar-refractivity contribution in [1.82, 2.24) is 5.32 Å². The molecule has 5 nitrogen and oxygen atoms in total. The highest BCUT2D eigenvalue weighted by Crippen LogP contribution is 2.48. The highest BCUT2D eigenvalue weighted by molar-refractivity contribution is 7.10. The molecule has 1 N–H and O–H groups in total. The molecule has 6 heteroatoms. The molecule has 3 unspecified atom stereocenters. The van der Waals surface area contributed by atoms with Crippen molar-refractivity contribution in [3.63, 3.8) is 0 Å². The number of thiophene rings is 1. The Labute approximate surface area is 196 Å². The zero-order chi connectivity index (χ0) is 22.9. The zero-order valence-corrected chi connectivity index (χ0v) is 19.2. The number of Topliss-reactive ketones (excluding diaryl/α,β-unsaturated/α-hetero) is 1. The number of benzene rings is 1. The van der Waals surface area contributed by atoms with E-state index in [1.807, 2.05) is 60.8 Å². The summed E-state index contributed by atoms with van der Waals surface area (Å²) in [5, 5.41) is 5.33.